The molecule has 22 heavy (non-hydrogen) atoms. The lowest BCUT2D eigenvalue weighted by Crippen LogP contribution is -2.51. The number of aromatic nitrogens is 1. The monoisotopic (exact) mass is 305 g/mol. The van der Waals surface area contributed by atoms with Crippen LogP contribution in [0.5, 0.6) is 0 Å². The average molecular weight is 305 g/mol. The Morgan fingerprint density at radius 3 is 2.91 bits per heavy atom. The molecule has 6 heteroatoms. The van der Waals surface area contributed by atoms with Gasteiger partial charge in [0, 0.05) is 44.1 Å². The van der Waals surface area contributed by atoms with Crippen molar-refractivity contribution < 1.29 is 14.3 Å². The highest BCUT2D eigenvalue weighted by Crippen LogP contribution is 2.30. The van der Waals surface area contributed by atoms with Crippen molar-refractivity contribution in [1.82, 2.24) is 9.88 Å². The minimum Gasteiger partial charge on any atom is -0.376 e. The molecule has 0 aliphatic carbocycles. The molecule has 0 radical (unpaired) electrons. The Bertz CT molecular complexity index is 561. The number of carbonyl (C=O) groups excluding carboxylic acids is 2. The van der Waals surface area contributed by atoms with Gasteiger partial charge >= 0.3 is 0 Å². The third-order valence-corrected chi connectivity index (χ3v) is 4.23. The van der Waals surface area contributed by atoms with Crippen LogP contribution in [-0.2, 0) is 9.53 Å². The normalized spacial score (nSPS) is 21.6. The molecule has 1 fully saturated rings. The van der Waals surface area contributed by atoms with E-state index in [1.807, 2.05) is 6.92 Å². The molecule has 0 spiro atoms. The van der Waals surface area contributed by atoms with Gasteiger partial charge in [-0.2, -0.15) is 0 Å². The highest BCUT2D eigenvalue weighted by atomic mass is 16.5. The third-order valence-electron chi connectivity index (χ3n) is 4.23. The molecule has 1 aromatic rings. The molecular weight excluding hydrogens is 282 g/mol. The van der Waals surface area contributed by atoms with E-state index in [0.717, 1.165) is 18.5 Å². The van der Waals surface area contributed by atoms with E-state index in [2.05, 4.69) is 4.98 Å². The first-order valence-corrected chi connectivity index (χ1v) is 7.51. The molecule has 1 aliphatic rings. The van der Waals surface area contributed by atoms with E-state index in [4.69, 9.17) is 10.5 Å². The standard InChI is InChI=1S/C16H23N3O3/c1-12-10-13(5-8-18-12)15(21)19-9-3-6-16(11-19,22-2)7-4-14(17)20/h5,8,10H,3-4,6-7,9,11H2,1-2H3,(H2,17,20)/t16-/m1/s1. The molecule has 1 aliphatic heterocycles. The zero-order valence-electron chi connectivity index (χ0n) is 13.2. The van der Waals surface area contributed by atoms with Gasteiger partial charge < -0.3 is 15.4 Å². The summed E-state index contributed by atoms with van der Waals surface area (Å²) in [6.45, 7) is 3.04. The SMILES string of the molecule is CO[C@@]1(CCC(N)=O)CCCN(C(=O)c2ccnc(C)c2)C1. The summed E-state index contributed by atoms with van der Waals surface area (Å²) in [6, 6.07) is 3.51. The number of primary amides is 1. The highest BCUT2D eigenvalue weighted by Gasteiger charge is 2.37. The van der Waals surface area contributed by atoms with Crippen LogP contribution in [0.2, 0.25) is 0 Å². The second-order valence-electron chi connectivity index (χ2n) is 5.87. The van der Waals surface area contributed by atoms with E-state index in [9.17, 15) is 9.59 Å². The minimum atomic E-state index is -0.481. The summed E-state index contributed by atoms with van der Waals surface area (Å²) < 4.78 is 5.66. The molecule has 1 saturated heterocycles. The lowest BCUT2D eigenvalue weighted by atomic mass is 9.87. The fourth-order valence-electron chi connectivity index (χ4n) is 2.96. The molecule has 6 nitrogen and oxygen atoms in total. The van der Waals surface area contributed by atoms with Crippen LogP contribution < -0.4 is 5.73 Å². The lowest BCUT2D eigenvalue weighted by Gasteiger charge is -2.42. The van der Waals surface area contributed by atoms with E-state index in [0.29, 0.717) is 25.1 Å². The molecule has 0 saturated carbocycles. The van der Waals surface area contributed by atoms with E-state index in [-0.39, 0.29) is 18.2 Å². The zero-order chi connectivity index (χ0) is 16.2. The fourth-order valence-corrected chi connectivity index (χ4v) is 2.96. The van der Waals surface area contributed by atoms with Crippen LogP contribution in [-0.4, -0.2) is 47.5 Å². The maximum Gasteiger partial charge on any atom is 0.254 e. The number of likely N-dealkylation sites (tertiary alicyclic amines) is 1. The Balaban J connectivity index is 2.11. The maximum atomic E-state index is 12.6. The molecule has 0 aromatic carbocycles. The smallest absolute Gasteiger partial charge is 0.254 e. The summed E-state index contributed by atoms with van der Waals surface area (Å²) in [5.74, 6) is -0.365. The van der Waals surface area contributed by atoms with E-state index < -0.39 is 5.60 Å². The van der Waals surface area contributed by atoms with Gasteiger partial charge in [0.05, 0.1) is 5.60 Å². The second-order valence-corrected chi connectivity index (χ2v) is 5.87. The van der Waals surface area contributed by atoms with Crippen molar-refractivity contribution in [2.45, 2.75) is 38.2 Å². The van der Waals surface area contributed by atoms with Crippen LogP contribution in [0.3, 0.4) is 0 Å². The van der Waals surface area contributed by atoms with Gasteiger partial charge in [0.1, 0.15) is 0 Å². The quantitative estimate of drug-likeness (QED) is 0.888. The average Bonchev–Trinajstić information content (AvgIpc) is 2.52. The summed E-state index contributed by atoms with van der Waals surface area (Å²) in [5, 5.41) is 0. The van der Waals surface area contributed by atoms with Crippen molar-refractivity contribution in [1.29, 1.82) is 0 Å². The molecule has 1 aromatic heterocycles. The number of ether oxygens (including phenoxy) is 1. The first kappa shape index (κ1) is 16.4. The van der Waals surface area contributed by atoms with Crippen LogP contribution in [0, 0.1) is 6.92 Å². The van der Waals surface area contributed by atoms with E-state index in [1.54, 1.807) is 30.3 Å². The van der Waals surface area contributed by atoms with Gasteiger partial charge in [0.2, 0.25) is 5.91 Å². The number of nitrogens with two attached hydrogens (primary N) is 1. The molecule has 2 amide bonds. The van der Waals surface area contributed by atoms with Crippen molar-refractivity contribution in [3.05, 3.63) is 29.6 Å². The predicted molar refractivity (Wildman–Crippen MR) is 82.3 cm³/mol. The summed E-state index contributed by atoms with van der Waals surface area (Å²) in [5.41, 5.74) is 6.21. The summed E-state index contributed by atoms with van der Waals surface area (Å²) in [4.78, 5) is 29.6. The lowest BCUT2D eigenvalue weighted by molar-refractivity contribution is -0.120. The molecule has 120 valence electrons. The van der Waals surface area contributed by atoms with Crippen molar-refractivity contribution in [2.24, 2.45) is 5.73 Å². The van der Waals surface area contributed by atoms with Gasteiger partial charge in [-0.15, -0.1) is 0 Å². The molecule has 1 atom stereocenters. The first-order chi connectivity index (χ1) is 10.5. The van der Waals surface area contributed by atoms with Crippen LogP contribution in [0.25, 0.3) is 0 Å². The Hall–Kier alpha value is -1.95. The number of carbonyl (C=O) groups is 2. The number of hydrogen-bond acceptors (Lipinski definition) is 4. The number of pyridine rings is 1. The molecule has 2 heterocycles. The van der Waals surface area contributed by atoms with Crippen molar-refractivity contribution in [3.8, 4) is 0 Å². The van der Waals surface area contributed by atoms with Gasteiger partial charge in [0.25, 0.3) is 5.91 Å². The number of amides is 2. The van der Waals surface area contributed by atoms with Crippen LogP contribution in [0.4, 0.5) is 0 Å². The van der Waals surface area contributed by atoms with E-state index in [1.165, 1.54) is 0 Å². The molecular formula is C16H23N3O3. The number of hydrogen-bond donors (Lipinski definition) is 1. The summed E-state index contributed by atoms with van der Waals surface area (Å²) >= 11 is 0. The van der Waals surface area contributed by atoms with Crippen molar-refractivity contribution in [3.63, 3.8) is 0 Å². The third kappa shape index (κ3) is 3.82. The second kappa shape index (κ2) is 6.87. The molecule has 0 unspecified atom stereocenters. The van der Waals surface area contributed by atoms with Crippen molar-refractivity contribution in [2.75, 3.05) is 20.2 Å². The zero-order valence-corrected chi connectivity index (χ0v) is 13.2. The first-order valence-electron chi connectivity index (χ1n) is 7.51. The number of nitrogens with zero attached hydrogens (tertiary/aromatic N) is 2. The molecule has 2 rings (SSSR count). The van der Waals surface area contributed by atoms with E-state index >= 15 is 0 Å². The van der Waals surface area contributed by atoms with Crippen LogP contribution in [0.1, 0.15) is 41.7 Å². The molecule has 0 bridgehead atoms. The Morgan fingerprint density at radius 1 is 1.50 bits per heavy atom. The number of rotatable bonds is 5. The highest BCUT2D eigenvalue weighted by molar-refractivity contribution is 5.94. The van der Waals surface area contributed by atoms with Crippen LogP contribution in [0.15, 0.2) is 18.3 Å². The Kier molecular flexibility index (Phi) is 5.13. The number of piperidine rings is 1. The van der Waals surface area contributed by atoms with Gasteiger partial charge in [-0.3, -0.25) is 14.6 Å². The minimum absolute atomic E-state index is 0.0225. The summed E-state index contributed by atoms with van der Waals surface area (Å²) in [6.07, 6.45) is 4.13. The van der Waals surface area contributed by atoms with Gasteiger partial charge in [-0.1, -0.05) is 0 Å². The summed E-state index contributed by atoms with van der Waals surface area (Å²) in [7, 11) is 1.63. The van der Waals surface area contributed by atoms with Crippen LogP contribution >= 0.6 is 0 Å². The Morgan fingerprint density at radius 2 is 2.27 bits per heavy atom. The Labute approximate surface area is 130 Å². The molecule has 2 N–H and O–H groups in total. The number of aryl methyl sites for hydroxylation is 1. The topological polar surface area (TPSA) is 85.5 Å². The maximum absolute atomic E-state index is 12.6. The van der Waals surface area contributed by atoms with Crippen molar-refractivity contribution >= 4 is 11.8 Å². The fraction of sp³-hybridized carbons (Fsp3) is 0.562. The van der Waals surface area contributed by atoms with Gasteiger partial charge in [-0.25, -0.2) is 0 Å². The van der Waals surface area contributed by atoms with Gasteiger partial charge in [-0.05, 0) is 38.3 Å². The number of methoxy groups -OCH3 is 1. The van der Waals surface area contributed by atoms with Gasteiger partial charge in [0.15, 0.2) is 0 Å². The predicted octanol–water partition coefficient (Wildman–Crippen LogP) is 1.28. The largest absolute Gasteiger partial charge is 0.376 e.